The van der Waals surface area contributed by atoms with Crippen molar-refractivity contribution in [3.05, 3.63) is 0 Å². The highest BCUT2D eigenvalue weighted by atomic mass is 79.9. The number of rotatable bonds is 10. The highest BCUT2D eigenvalue weighted by Gasteiger charge is 2.21. The summed E-state index contributed by atoms with van der Waals surface area (Å²) in [7, 11) is 0. The summed E-state index contributed by atoms with van der Waals surface area (Å²) in [4.78, 5) is 0. The van der Waals surface area contributed by atoms with Crippen molar-refractivity contribution in [3.63, 3.8) is 0 Å². The Morgan fingerprint density at radius 3 is 2.04 bits per heavy atom. The topological polar surface area (TPSA) is 38.7 Å². The van der Waals surface area contributed by atoms with E-state index in [4.69, 9.17) is 14.6 Å². The highest BCUT2D eigenvalue weighted by Crippen LogP contribution is 2.25. The van der Waals surface area contributed by atoms with Crippen molar-refractivity contribution in [2.24, 2.45) is 10.8 Å². The third-order valence-corrected chi connectivity index (χ3v) is 5.32. The first kappa shape index (κ1) is 24.8. The van der Waals surface area contributed by atoms with Gasteiger partial charge in [0.2, 0.25) is 0 Å². The molecule has 0 aliphatic carbocycles. The second kappa shape index (κ2) is 14.0. The van der Waals surface area contributed by atoms with Gasteiger partial charge in [-0.05, 0) is 55.8 Å². The van der Waals surface area contributed by atoms with E-state index in [2.05, 4.69) is 59.6 Å². The molecule has 146 valence electrons. The molecule has 0 amide bonds. The lowest BCUT2D eigenvalue weighted by atomic mass is 9.89. The Bertz CT molecular complexity index is 290. The lowest BCUT2D eigenvalue weighted by Crippen LogP contribution is -2.28. The molecule has 1 aliphatic heterocycles. The molecule has 1 rings (SSSR count). The van der Waals surface area contributed by atoms with Crippen LogP contribution in [-0.2, 0) is 9.47 Å². The van der Waals surface area contributed by atoms with Crippen LogP contribution in [0.5, 0.6) is 0 Å². The lowest BCUT2D eigenvalue weighted by Gasteiger charge is -2.29. The van der Waals surface area contributed by atoms with Crippen LogP contribution >= 0.6 is 31.9 Å². The van der Waals surface area contributed by atoms with Crippen LogP contribution in [0.2, 0.25) is 0 Å². The molecular weight excluding hydrogens is 436 g/mol. The van der Waals surface area contributed by atoms with E-state index < -0.39 is 0 Å². The van der Waals surface area contributed by atoms with E-state index in [0.29, 0.717) is 6.61 Å². The molecule has 1 N–H and O–H groups in total. The predicted molar refractivity (Wildman–Crippen MR) is 110 cm³/mol. The summed E-state index contributed by atoms with van der Waals surface area (Å²) in [6.45, 7) is 10.7. The fourth-order valence-electron chi connectivity index (χ4n) is 2.40. The van der Waals surface area contributed by atoms with Gasteiger partial charge in [-0.25, -0.2) is 0 Å². The minimum absolute atomic E-state index is 0.0574. The van der Waals surface area contributed by atoms with Gasteiger partial charge in [0.15, 0.2) is 6.29 Å². The Kier molecular flexibility index (Phi) is 14.5. The Labute approximate surface area is 166 Å². The van der Waals surface area contributed by atoms with Crippen LogP contribution in [0.4, 0.5) is 0 Å². The van der Waals surface area contributed by atoms with Crippen molar-refractivity contribution in [1.82, 2.24) is 0 Å². The van der Waals surface area contributed by atoms with Gasteiger partial charge >= 0.3 is 0 Å². The predicted octanol–water partition coefficient (Wildman–Crippen LogP) is 5.91. The molecule has 5 heteroatoms. The van der Waals surface area contributed by atoms with E-state index in [-0.39, 0.29) is 17.1 Å². The Balaban J connectivity index is 0.000000506. The van der Waals surface area contributed by atoms with Crippen LogP contribution in [0, 0.1) is 10.8 Å². The van der Waals surface area contributed by atoms with Crippen molar-refractivity contribution in [2.75, 3.05) is 30.5 Å². The Morgan fingerprint density at radius 2 is 1.58 bits per heavy atom. The second-order valence-corrected chi connectivity index (χ2v) is 9.76. The van der Waals surface area contributed by atoms with Gasteiger partial charge in [0, 0.05) is 23.9 Å². The van der Waals surface area contributed by atoms with Crippen molar-refractivity contribution < 1.29 is 14.6 Å². The number of aliphatic hydroxyl groups excluding tert-OH is 1. The molecule has 1 unspecified atom stereocenters. The number of hydrogen-bond donors (Lipinski definition) is 1. The minimum atomic E-state index is 0.0574. The standard InChI is InChI=1S/C12H23BrO2.C7H15BrO/c1-12(2,7-5-8-13)10-15-11-6-3-4-9-14-11;1-7(2,6-9)4-3-5-8/h11H,3-10H2,1-2H3;9H,3-6H2,1-2H3. The summed E-state index contributed by atoms with van der Waals surface area (Å²) in [5.74, 6) is 0. The zero-order valence-corrected chi connectivity index (χ0v) is 19.3. The average molecular weight is 474 g/mol. The van der Waals surface area contributed by atoms with Crippen molar-refractivity contribution in [1.29, 1.82) is 0 Å². The fraction of sp³-hybridized carbons (Fsp3) is 1.00. The van der Waals surface area contributed by atoms with Gasteiger partial charge in [0.1, 0.15) is 0 Å². The van der Waals surface area contributed by atoms with Gasteiger partial charge in [0.25, 0.3) is 0 Å². The summed E-state index contributed by atoms with van der Waals surface area (Å²) in [6, 6.07) is 0. The van der Waals surface area contributed by atoms with Crippen LogP contribution in [0.25, 0.3) is 0 Å². The summed E-state index contributed by atoms with van der Waals surface area (Å²) in [6.07, 6.45) is 8.20. The zero-order valence-electron chi connectivity index (χ0n) is 16.1. The minimum Gasteiger partial charge on any atom is -0.396 e. The molecular formula is C19H38Br2O3. The molecule has 1 heterocycles. The van der Waals surface area contributed by atoms with Crippen LogP contribution in [-0.4, -0.2) is 41.9 Å². The molecule has 0 aromatic carbocycles. The van der Waals surface area contributed by atoms with Crippen molar-refractivity contribution >= 4 is 31.9 Å². The maximum atomic E-state index is 8.81. The molecule has 1 saturated heterocycles. The average Bonchev–Trinajstić information content (AvgIpc) is 2.58. The SMILES string of the molecule is CC(C)(CCCBr)COC1CCCCO1.CC(C)(CO)CCCBr. The van der Waals surface area contributed by atoms with Gasteiger partial charge < -0.3 is 14.6 Å². The zero-order chi connectivity index (χ0) is 18.5. The summed E-state index contributed by atoms with van der Waals surface area (Å²) < 4.78 is 11.4. The molecule has 24 heavy (non-hydrogen) atoms. The fourth-order valence-corrected chi connectivity index (χ4v) is 2.96. The molecule has 1 aliphatic rings. The van der Waals surface area contributed by atoms with Gasteiger partial charge in [-0.15, -0.1) is 0 Å². The van der Waals surface area contributed by atoms with Gasteiger partial charge in [-0.1, -0.05) is 59.6 Å². The Morgan fingerprint density at radius 1 is 1.00 bits per heavy atom. The molecule has 0 bridgehead atoms. The van der Waals surface area contributed by atoms with E-state index in [1.807, 2.05) is 0 Å². The van der Waals surface area contributed by atoms with Gasteiger partial charge in [0.05, 0.1) is 6.61 Å². The number of alkyl halides is 2. The number of ether oxygens (including phenoxy) is 2. The molecule has 0 aromatic rings. The van der Waals surface area contributed by atoms with E-state index in [1.165, 1.54) is 25.7 Å². The number of aliphatic hydroxyl groups is 1. The Hall–Kier alpha value is 0.840. The van der Waals surface area contributed by atoms with E-state index in [1.54, 1.807) is 0 Å². The second-order valence-electron chi connectivity index (χ2n) is 8.18. The van der Waals surface area contributed by atoms with Gasteiger partial charge in [-0.3, -0.25) is 0 Å². The van der Waals surface area contributed by atoms with Crippen LogP contribution < -0.4 is 0 Å². The molecule has 0 radical (unpaired) electrons. The molecule has 0 spiro atoms. The maximum absolute atomic E-state index is 8.81. The van der Waals surface area contributed by atoms with Crippen LogP contribution in [0.1, 0.15) is 72.6 Å². The molecule has 1 atom stereocenters. The lowest BCUT2D eigenvalue weighted by molar-refractivity contribution is -0.176. The van der Waals surface area contributed by atoms with E-state index in [0.717, 1.165) is 43.1 Å². The largest absolute Gasteiger partial charge is 0.396 e. The first-order valence-corrected chi connectivity index (χ1v) is 11.5. The molecule has 0 aromatic heterocycles. The maximum Gasteiger partial charge on any atom is 0.157 e. The summed E-state index contributed by atoms with van der Waals surface area (Å²) >= 11 is 6.81. The highest BCUT2D eigenvalue weighted by molar-refractivity contribution is 9.09. The third-order valence-electron chi connectivity index (χ3n) is 4.20. The first-order valence-electron chi connectivity index (χ1n) is 9.22. The van der Waals surface area contributed by atoms with Crippen molar-refractivity contribution in [3.8, 4) is 0 Å². The van der Waals surface area contributed by atoms with Crippen LogP contribution in [0.15, 0.2) is 0 Å². The third kappa shape index (κ3) is 14.1. The molecule has 3 nitrogen and oxygen atoms in total. The molecule has 1 fully saturated rings. The normalized spacial score (nSPS) is 18.9. The van der Waals surface area contributed by atoms with E-state index >= 15 is 0 Å². The summed E-state index contributed by atoms with van der Waals surface area (Å²) in [5, 5.41) is 10.9. The monoisotopic (exact) mass is 472 g/mol. The molecule has 0 saturated carbocycles. The quantitative estimate of drug-likeness (QED) is 0.400. The number of hydrogen-bond acceptors (Lipinski definition) is 3. The van der Waals surface area contributed by atoms with Crippen molar-refractivity contribution in [2.45, 2.75) is 78.9 Å². The smallest absolute Gasteiger partial charge is 0.157 e. The summed E-state index contributed by atoms with van der Waals surface area (Å²) in [5.41, 5.74) is 0.391. The first-order chi connectivity index (χ1) is 11.3. The van der Waals surface area contributed by atoms with E-state index in [9.17, 15) is 0 Å². The van der Waals surface area contributed by atoms with Gasteiger partial charge in [-0.2, -0.15) is 0 Å². The van der Waals surface area contributed by atoms with Crippen LogP contribution in [0.3, 0.4) is 0 Å². The number of halogens is 2.